The van der Waals surface area contributed by atoms with Gasteiger partial charge in [-0.2, -0.15) is 0 Å². The molecule has 0 atom stereocenters. The zero-order valence-electron chi connectivity index (χ0n) is 19.7. The van der Waals surface area contributed by atoms with Crippen LogP contribution in [-0.4, -0.2) is 4.98 Å². The number of hydrogen-bond donors (Lipinski definition) is 0. The molecule has 5 rings (SSSR count). The van der Waals surface area contributed by atoms with Crippen molar-refractivity contribution >= 4 is 21.9 Å². The van der Waals surface area contributed by atoms with E-state index in [2.05, 4.69) is 4.98 Å². The van der Waals surface area contributed by atoms with Crippen LogP contribution >= 0.6 is 0 Å². The Morgan fingerprint density at radius 2 is 1.58 bits per heavy atom. The Bertz CT molecular complexity index is 1480. The van der Waals surface area contributed by atoms with Crippen LogP contribution in [0.15, 0.2) is 83.4 Å². The molecule has 5 aromatic rings. The quantitative estimate of drug-likeness (QED) is 0.300. The van der Waals surface area contributed by atoms with Crippen LogP contribution in [-0.2, 0) is 6.37 Å². The predicted molar refractivity (Wildman–Crippen MR) is 126 cm³/mol. The van der Waals surface area contributed by atoms with Gasteiger partial charge < -0.3 is 4.42 Å². The summed E-state index contributed by atoms with van der Waals surface area (Å²) in [6.45, 7) is 5.71. The number of nitrogens with zero attached hydrogens (tertiary/aromatic N) is 1. The highest BCUT2D eigenvalue weighted by atomic mass is 19.1. The minimum absolute atomic E-state index is 0.250. The van der Waals surface area contributed by atoms with Gasteiger partial charge in [-0.25, -0.2) is 4.39 Å². The van der Waals surface area contributed by atoms with E-state index >= 15 is 0 Å². The summed E-state index contributed by atoms with van der Waals surface area (Å²) < 4.78 is 37.2. The number of benzene rings is 3. The highest BCUT2D eigenvalue weighted by molar-refractivity contribution is 6.09. The third kappa shape index (κ3) is 3.72. The van der Waals surface area contributed by atoms with Crippen molar-refractivity contribution in [3.8, 4) is 22.4 Å². The molecule has 0 saturated carbocycles. The van der Waals surface area contributed by atoms with Gasteiger partial charge in [0.2, 0.25) is 0 Å². The largest absolute Gasteiger partial charge is 0.452 e. The molecular formula is C28H24FNO. The Hall–Kier alpha value is -3.46. The molecule has 0 radical (unpaired) electrons. The molecule has 154 valence electrons. The van der Waals surface area contributed by atoms with E-state index in [1.807, 2.05) is 81.4 Å². The number of fused-ring (bicyclic) bond motifs is 3. The van der Waals surface area contributed by atoms with E-state index in [-0.39, 0.29) is 11.4 Å². The molecule has 0 fully saturated rings. The number of furan rings is 1. The normalized spacial score (nSPS) is 13.4. The smallest absolute Gasteiger partial charge is 0.171 e. The molecule has 0 N–H and O–H groups in total. The lowest BCUT2D eigenvalue weighted by atomic mass is 9.87. The maximum Gasteiger partial charge on any atom is 0.171 e. The molecular weight excluding hydrogens is 385 g/mol. The zero-order chi connectivity index (χ0) is 23.4. The van der Waals surface area contributed by atoms with Gasteiger partial charge in [0.15, 0.2) is 11.4 Å². The van der Waals surface area contributed by atoms with Gasteiger partial charge in [0, 0.05) is 25.3 Å². The van der Waals surface area contributed by atoms with Gasteiger partial charge in [0.25, 0.3) is 0 Å². The maximum absolute atomic E-state index is 14.3. The zero-order valence-corrected chi connectivity index (χ0v) is 17.7. The SMILES string of the molecule is [2H]C([2H])(c1ccc(-c2ccnc(-c3cccc4c3oc3c(F)cccc34)c2)cc1)C(C)(C)C. The molecule has 0 spiro atoms. The van der Waals surface area contributed by atoms with Crippen LogP contribution in [0.1, 0.15) is 29.1 Å². The average molecular weight is 412 g/mol. The van der Waals surface area contributed by atoms with Crippen LogP contribution in [0, 0.1) is 11.2 Å². The third-order valence-corrected chi connectivity index (χ3v) is 5.25. The number of pyridine rings is 1. The van der Waals surface area contributed by atoms with E-state index in [0.29, 0.717) is 11.1 Å². The van der Waals surface area contributed by atoms with E-state index in [0.717, 1.165) is 33.2 Å². The van der Waals surface area contributed by atoms with E-state index in [9.17, 15) is 4.39 Å². The molecule has 0 aliphatic heterocycles. The summed E-state index contributed by atoms with van der Waals surface area (Å²) in [5.41, 5.74) is 4.45. The molecule has 31 heavy (non-hydrogen) atoms. The van der Waals surface area contributed by atoms with E-state index < -0.39 is 11.8 Å². The highest BCUT2D eigenvalue weighted by Crippen LogP contribution is 2.37. The van der Waals surface area contributed by atoms with Crippen LogP contribution in [0.25, 0.3) is 44.3 Å². The van der Waals surface area contributed by atoms with E-state index in [1.54, 1.807) is 12.3 Å². The molecule has 0 unspecified atom stereocenters. The molecule has 3 aromatic carbocycles. The van der Waals surface area contributed by atoms with Crippen molar-refractivity contribution in [3.05, 3.63) is 90.4 Å². The van der Waals surface area contributed by atoms with Gasteiger partial charge in [-0.3, -0.25) is 4.98 Å². The fourth-order valence-electron chi connectivity index (χ4n) is 3.92. The van der Waals surface area contributed by atoms with Gasteiger partial charge in [-0.1, -0.05) is 69.3 Å². The molecule has 0 saturated heterocycles. The van der Waals surface area contributed by atoms with Crippen LogP contribution in [0.5, 0.6) is 0 Å². The minimum atomic E-state index is -1.44. The van der Waals surface area contributed by atoms with Crippen molar-refractivity contribution in [1.29, 1.82) is 0 Å². The number of para-hydroxylation sites is 2. The Balaban J connectivity index is 1.58. The van der Waals surface area contributed by atoms with Crippen LogP contribution < -0.4 is 0 Å². The van der Waals surface area contributed by atoms with E-state index in [1.165, 1.54) is 6.07 Å². The first-order valence-corrected chi connectivity index (χ1v) is 10.3. The van der Waals surface area contributed by atoms with Gasteiger partial charge >= 0.3 is 0 Å². The molecule has 0 amide bonds. The Labute approximate surface area is 184 Å². The minimum Gasteiger partial charge on any atom is -0.452 e. The fourth-order valence-corrected chi connectivity index (χ4v) is 3.92. The molecule has 2 nitrogen and oxygen atoms in total. The summed E-state index contributed by atoms with van der Waals surface area (Å²) in [5.74, 6) is -0.383. The van der Waals surface area contributed by atoms with Crippen molar-refractivity contribution < 1.29 is 11.5 Å². The topological polar surface area (TPSA) is 26.0 Å². The lowest BCUT2D eigenvalue weighted by Crippen LogP contribution is -2.08. The first-order valence-electron chi connectivity index (χ1n) is 11.3. The summed E-state index contributed by atoms with van der Waals surface area (Å²) in [7, 11) is 0. The first kappa shape index (κ1) is 17.2. The Morgan fingerprint density at radius 1 is 0.871 bits per heavy atom. The lowest BCUT2D eigenvalue weighted by Gasteiger charge is -2.18. The molecule has 2 heterocycles. The van der Waals surface area contributed by atoms with Gasteiger partial charge in [0.05, 0.1) is 5.69 Å². The fraction of sp³-hybridized carbons (Fsp3) is 0.179. The van der Waals surface area contributed by atoms with Crippen LogP contribution in [0.4, 0.5) is 4.39 Å². The summed E-state index contributed by atoms with van der Waals surface area (Å²) in [6, 6.07) is 22.2. The summed E-state index contributed by atoms with van der Waals surface area (Å²) >= 11 is 0. The predicted octanol–water partition coefficient (Wildman–Crippen LogP) is 8.04. The van der Waals surface area contributed by atoms with Crippen molar-refractivity contribution in [3.63, 3.8) is 0 Å². The van der Waals surface area contributed by atoms with Crippen molar-refractivity contribution in [2.75, 3.05) is 0 Å². The van der Waals surface area contributed by atoms with Gasteiger partial charge in [-0.05, 0) is 52.7 Å². The number of rotatable bonds is 3. The first-order chi connectivity index (χ1) is 15.7. The molecule has 2 aromatic heterocycles. The molecule has 3 heteroatoms. The third-order valence-electron chi connectivity index (χ3n) is 5.25. The van der Waals surface area contributed by atoms with E-state index in [4.69, 9.17) is 7.16 Å². The van der Waals surface area contributed by atoms with Crippen molar-refractivity contribution in [1.82, 2.24) is 4.98 Å². The highest BCUT2D eigenvalue weighted by Gasteiger charge is 2.16. The molecule has 0 aliphatic carbocycles. The Morgan fingerprint density at radius 3 is 2.32 bits per heavy atom. The molecule has 0 aliphatic rings. The van der Waals surface area contributed by atoms with Crippen molar-refractivity contribution in [2.45, 2.75) is 27.1 Å². The number of hydrogen-bond acceptors (Lipinski definition) is 2. The Kier molecular flexibility index (Phi) is 4.09. The monoisotopic (exact) mass is 411 g/mol. The van der Waals surface area contributed by atoms with Crippen LogP contribution in [0.3, 0.4) is 0 Å². The average Bonchev–Trinajstić information content (AvgIpc) is 3.19. The maximum atomic E-state index is 14.3. The van der Waals surface area contributed by atoms with Crippen LogP contribution in [0.2, 0.25) is 0 Å². The summed E-state index contributed by atoms with van der Waals surface area (Å²) in [5, 5.41) is 1.59. The molecule has 0 bridgehead atoms. The second-order valence-electron chi connectivity index (χ2n) is 8.78. The number of halogens is 1. The standard InChI is InChI=1S/C28H24FNO/c1-28(2,3)17-18-10-12-19(13-11-18)20-14-15-30-25(16-20)23-8-4-6-21-22-7-5-9-24(29)27(22)31-26(21)23/h4-16H,17H2,1-3H3/i17D2. The number of aromatic nitrogens is 1. The summed E-state index contributed by atoms with van der Waals surface area (Å²) in [6.07, 6.45) is 0.302. The second-order valence-corrected chi connectivity index (χ2v) is 8.78. The summed E-state index contributed by atoms with van der Waals surface area (Å²) in [4.78, 5) is 4.55. The van der Waals surface area contributed by atoms with Crippen molar-refractivity contribution in [2.24, 2.45) is 5.41 Å². The van der Waals surface area contributed by atoms with Gasteiger partial charge in [0.1, 0.15) is 5.58 Å². The second kappa shape index (κ2) is 7.35. The van der Waals surface area contributed by atoms with Gasteiger partial charge in [-0.15, -0.1) is 0 Å². The lowest BCUT2D eigenvalue weighted by molar-refractivity contribution is 0.411.